The number of unbranched alkanes of at least 4 members (excludes halogenated alkanes) is 2. The molecule has 112 valence electrons. The van der Waals surface area contributed by atoms with Crippen LogP contribution in [0.15, 0.2) is 47.3 Å². The number of rotatable bonds is 7. The van der Waals surface area contributed by atoms with Gasteiger partial charge in [0.1, 0.15) is 0 Å². The van der Waals surface area contributed by atoms with Crippen molar-refractivity contribution in [3.8, 4) is 0 Å². The zero-order valence-electron chi connectivity index (χ0n) is 12.9. The van der Waals surface area contributed by atoms with Crippen LogP contribution in [0.1, 0.15) is 37.4 Å². The summed E-state index contributed by atoms with van der Waals surface area (Å²) in [5.41, 5.74) is 3.12. The fourth-order valence-corrected chi connectivity index (χ4v) is 2.41. The smallest absolute Gasteiger partial charge is 0.253 e. The summed E-state index contributed by atoms with van der Waals surface area (Å²) in [5.74, 6) is 0. The molecule has 1 N–H and O–H groups in total. The molecule has 1 aromatic heterocycles. The van der Waals surface area contributed by atoms with Gasteiger partial charge in [-0.3, -0.25) is 4.79 Å². The van der Waals surface area contributed by atoms with Gasteiger partial charge < -0.3 is 9.88 Å². The van der Waals surface area contributed by atoms with E-state index in [2.05, 4.69) is 18.3 Å². The van der Waals surface area contributed by atoms with Crippen molar-refractivity contribution < 1.29 is 0 Å². The molecular formula is C18H24N2O. The minimum atomic E-state index is 0.0526. The fraction of sp³-hybridized carbons (Fsp3) is 0.389. The highest BCUT2D eigenvalue weighted by molar-refractivity contribution is 5.43. The lowest BCUT2D eigenvalue weighted by Crippen LogP contribution is -2.23. The molecule has 0 amide bonds. The second-order valence-electron chi connectivity index (χ2n) is 5.43. The lowest BCUT2D eigenvalue weighted by molar-refractivity contribution is 0.726. The molecule has 1 aromatic carbocycles. The van der Waals surface area contributed by atoms with Crippen LogP contribution in [0.3, 0.4) is 0 Å². The van der Waals surface area contributed by atoms with E-state index in [1.54, 1.807) is 6.07 Å². The molecule has 0 aliphatic rings. The molecule has 3 nitrogen and oxygen atoms in total. The second kappa shape index (κ2) is 7.67. The first-order chi connectivity index (χ1) is 10.2. The third kappa shape index (κ3) is 4.48. The van der Waals surface area contributed by atoms with Gasteiger partial charge in [-0.25, -0.2) is 0 Å². The van der Waals surface area contributed by atoms with Crippen LogP contribution in [-0.4, -0.2) is 11.1 Å². The molecule has 0 fully saturated rings. The number of nitrogens with one attached hydrogen (secondary N) is 1. The molecule has 0 saturated heterocycles. The molecule has 21 heavy (non-hydrogen) atoms. The van der Waals surface area contributed by atoms with Gasteiger partial charge in [-0.15, -0.1) is 0 Å². The van der Waals surface area contributed by atoms with Gasteiger partial charge in [-0.1, -0.05) is 50.1 Å². The van der Waals surface area contributed by atoms with Crippen LogP contribution in [0.5, 0.6) is 0 Å². The number of hydrogen-bond donors (Lipinski definition) is 1. The average Bonchev–Trinajstić information content (AvgIpc) is 2.48. The number of benzene rings is 1. The van der Waals surface area contributed by atoms with E-state index in [0.717, 1.165) is 29.9 Å². The summed E-state index contributed by atoms with van der Waals surface area (Å²) >= 11 is 0. The molecule has 3 heteroatoms. The van der Waals surface area contributed by atoms with Crippen molar-refractivity contribution in [2.75, 3.05) is 11.9 Å². The molecule has 0 bridgehead atoms. The van der Waals surface area contributed by atoms with Crippen molar-refractivity contribution in [3.63, 3.8) is 0 Å². The summed E-state index contributed by atoms with van der Waals surface area (Å²) in [6, 6.07) is 13.8. The summed E-state index contributed by atoms with van der Waals surface area (Å²) in [5, 5.41) is 3.34. The van der Waals surface area contributed by atoms with Crippen LogP contribution >= 0.6 is 0 Å². The Morgan fingerprint density at radius 1 is 1.10 bits per heavy atom. The van der Waals surface area contributed by atoms with Gasteiger partial charge in [-0.05, 0) is 25.0 Å². The Morgan fingerprint density at radius 3 is 2.52 bits per heavy atom. The normalized spacial score (nSPS) is 10.6. The molecule has 2 rings (SSSR count). The van der Waals surface area contributed by atoms with Gasteiger partial charge in [0.15, 0.2) is 0 Å². The predicted molar refractivity (Wildman–Crippen MR) is 89.0 cm³/mol. The Balaban J connectivity index is 2.08. The summed E-state index contributed by atoms with van der Waals surface area (Å²) in [6.07, 6.45) is 3.57. The molecule has 0 radical (unpaired) electrons. The highest BCUT2D eigenvalue weighted by atomic mass is 16.1. The van der Waals surface area contributed by atoms with Crippen LogP contribution in [0.25, 0.3) is 0 Å². The number of pyridine rings is 1. The van der Waals surface area contributed by atoms with Crippen molar-refractivity contribution in [1.29, 1.82) is 0 Å². The Labute approximate surface area is 126 Å². The van der Waals surface area contributed by atoms with E-state index in [1.807, 2.05) is 41.8 Å². The largest absolute Gasteiger partial charge is 0.385 e. The second-order valence-corrected chi connectivity index (χ2v) is 5.43. The van der Waals surface area contributed by atoms with Crippen LogP contribution in [-0.2, 0) is 6.54 Å². The van der Waals surface area contributed by atoms with Crippen molar-refractivity contribution in [2.45, 2.75) is 39.7 Å². The molecule has 2 aromatic rings. The van der Waals surface area contributed by atoms with E-state index in [0.29, 0.717) is 6.54 Å². The topological polar surface area (TPSA) is 34.0 Å². The fourth-order valence-electron chi connectivity index (χ4n) is 2.41. The molecule has 0 aliphatic carbocycles. The van der Waals surface area contributed by atoms with Crippen molar-refractivity contribution in [3.05, 3.63) is 64.1 Å². The van der Waals surface area contributed by atoms with Gasteiger partial charge in [0.25, 0.3) is 5.56 Å². The van der Waals surface area contributed by atoms with Gasteiger partial charge in [0.05, 0.1) is 6.54 Å². The zero-order chi connectivity index (χ0) is 15.1. The van der Waals surface area contributed by atoms with Gasteiger partial charge in [0.2, 0.25) is 0 Å². The number of hydrogen-bond acceptors (Lipinski definition) is 2. The van der Waals surface area contributed by atoms with E-state index in [4.69, 9.17) is 0 Å². The molecule has 0 saturated carbocycles. The van der Waals surface area contributed by atoms with Gasteiger partial charge in [0, 0.05) is 24.0 Å². The monoisotopic (exact) mass is 284 g/mol. The average molecular weight is 284 g/mol. The number of aryl methyl sites for hydroxylation is 1. The third-order valence-electron chi connectivity index (χ3n) is 3.63. The Morgan fingerprint density at radius 2 is 1.86 bits per heavy atom. The summed E-state index contributed by atoms with van der Waals surface area (Å²) < 4.78 is 1.81. The van der Waals surface area contributed by atoms with E-state index in [-0.39, 0.29) is 5.56 Å². The van der Waals surface area contributed by atoms with Crippen LogP contribution in [0.2, 0.25) is 0 Å². The van der Waals surface area contributed by atoms with Crippen LogP contribution in [0, 0.1) is 6.92 Å². The maximum atomic E-state index is 12.3. The molecule has 0 unspecified atom stereocenters. The molecule has 1 heterocycles. The zero-order valence-corrected chi connectivity index (χ0v) is 12.9. The Hall–Kier alpha value is -2.03. The summed E-state index contributed by atoms with van der Waals surface area (Å²) in [7, 11) is 0. The SMILES string of the molecule is CCCCCNc1cc(C)n(Cc2ccccc2)c(=O)c1. The molecule has 0 spiro atoms. The number of anilines is 1. The van der Waals surface area contributed by atoms with Gasteiger partial charge in [-0.2, -0.15) is 0 Å². The standard InChI is InChI=1S/C18H24N2O/c1-3-4-8-11-19-17-12-15(2)20(18(21)13-17)14-16-9-6-5-7-10-16/h5-7,9-10,12-13,19H,3-4,8,11,14H2,1-2H3. The molecular weight excluding hydrogens is 260 g/mol. The van der Waals surface area contributed by atoms with Crippen LogP contribution < -0.4 is 10.9 Å². The first kappa shape index (κ1) is 15.4. The Kier molecular flexibility index (Phi) is 5.61. The number of nitrogens with zero attached hydrogens (tertiary/aromatic N) is 1. The molecule has 0 atom stereocenters. The highest BCUT2D eigenvalue weighted by Gasteiger charge is 2.04. The highest BCUT2D eigenvalue weighted by Crippen LogP contribution is 2.10. The quantitative estimate of drug-likeness (QED) is 0.785. The van der Waals surface area contributed by atoms with Gasteiger partial charge >= 0.3 is 0 Å². The minimum Gasteiger partial charge on any atom is -0.385 e. The summed E-state index contributed by atoms with van der Waals surface area (Å²) in [4.78, 5) is 12.3. The number of aromatic nitrogens is 1. The van der Waals surface area contributed by atoms with E-state index >= 15 is 0 Å². The lowest BCUT2D eigenvalue weighted by Gasteiger charge is -2.13. The van der Waals surface area contributed by atoms with Crippen molar-refractivity contribution in [1.82, 2.24) is 4.57 Å². The van der Waals surface area contributed by atoms with E-state index < -0.39 is 0 Å². The van der Waals surface area contributed by atoms with Crippen molar-refractivity contribution >= 4 is 5.69 Å². The third-order valence-corrected chi connectivity index (χ3v) is 3.63. The van der Waals surface area contributed by atoms with E-state index in [9.17, 15) is 4.79 Å². The van der Waals surface area contributed by atoms with Crippen LogP contribution in [0.4, 0.5) is 5.69 Å². The maximum Gasteiger partial charge on any atom is 0.253 e. The van der Waals surface area contributed by atoms with E-state index in [1.165, 1.54) is 12.8 Å². The summed E-state index contributed by atoms with van der Waals surface area (Å²) in [6.45, 7) is 5.73. The molecule has 0 aliphatic heterocycles. The first-order valence-corrected chi connectivity index (χ1v) is 7.70. The maximum absolute atomic E-state index is 12.3. The predicted octanol–water partition coefficient (Wildman–Crippen LogP) is 3.81. The lowest BCUT2D eigenvalue weighted by atomic mass is 10.2. The first-order valence-electron chi connectivity index (χ1n) is 7.70. The Bertz CT molecular complexity index is 617. The van der Waals surface area contributed by atoms with Crippen molar-refractivity contribution in [2.24, 2.45) is 0 Å². The minimum absolute atomic E-state index is 0.0526.